The van der Waals surface area contributed by atoms with E-state index in [-0.39, 0.29) is 24.1 Å². The van der Waals surface area contributed by atoms with E-state index >= 15 is 0 Å². The molecule has 0 spiro atoms. The lowest BCUT2D eigenvalue weighted by Gasteiger charge is -2.12. The Kier molecular flexibility index (Phi) is 4.88. The smallest absolute Gasteiger partial charge is 0.371 e. The van der Waals surface area contributed by atoms with Gasteiger partial charge in [0.05, 0.1) is 12.2 Å². The fraction of sp³-hybridized carbons (Fsp3) is 0.438. The first-order valence-corrected chi connectivity index (χ1v) is 7.38. The van der Waals surface area contributed by atoms with Gasteiger partial charge in [0.1, 0.15) is 5.76 Å². The van der Waals surface area contributed by atoms with Crippen LogP contribution in [0.5, 0.6) is 0 Å². The number of carbonyl (C=O) groups is 2. The highest BCUT2D eigenvalue weighted by molar-refractivity contribution is 5.84. The van der Waals surface area contributed by atoms with Crippen LogP contribution < -0.4 is 5.32 Å². The average Bonchev–Trinajstić information content (AvgIpc) is 3.05. The maximum absolute atomic E-state index is 12.2. The number of aromatic nitrogens is 2. The molecule has 0 aromatic carbocycles. The highest BCUT2D eigenvalue weighted by Crippen LogP contribution is 2.17. The van der Waals surface area contributed by atoms with Crippen LogP contribution in [0.25, 0.3) is 0 Å². The lowest BCUT2D eigenvalue weighted by molar-refractivity contribution is -0.124. The number of amides is 1. The first-order valence-electron chi connectivity index (χ1n) is 7.38. The number of carbonyl (C=O) groups excluding carboxylic acids is 1. The molecule has 7 nitrogen and oxygen atoms in total. The van der Waals surface area contributed by atoms with Gasteiger partial charge in [-0.05, 0) is 38.0 Å². The van der Waals surface area contributed by atoms with Crippen LogP contribution in [-0.2, 0) is 24.8 Å². The molecule has 2 N–H and O–H groups in total. The van der Waals surface area contributed by atoms with Gasteiger partial charge >= 0.3 is 5.97 Å². The highest BCUT2D eigenvalue weighted by Gasteiger charge is 2.19. The summed E-state index contributed by atoms with van der Waals surface area (Å²) in [5.74, 6) is -1.18. The van der Waals surface area contributed by atoms with E-state index in [1.54, 1.807) is 6.07 Å². The fourth-order valence-electron chi connectivity index (χ4n) is 2.45. The van der Waals surface area contributed by atoms with Crippen LogP contribution in [-0.4, -0.2) is 26.8 Å². The zero-order chi connectivity index (χ0) is 17.1. The van der Waals surface area contributed by atoms with Gasteiger partial charge in [-0.3, -0.25) is 9.48 Å². The minimum Gasteiger partial charge on any atom is -0.475 e. The Bertz CT molecular complexity index is 730. The second kappa shape index (κ2) is 6.68. The molecule has 0 radical (unpaired) electrons. The number of aryl methyl sites for hydroxylation is 2. The lowest BCUT2D eigenvalue weighted by Crippen LogP contribution is -2.30. The summed E-state index contributed by atoms with van der Waals surface area (Å²) in [6.45, 7) is 5.94. The van der Waals surface area contributed by atoms with Gasteiger partial charge in [-0.2, -0.15) is 5.10 Å². The zero-order valence-corrected chi connectivity index (χ0v) is 13.7. The summed E-state index contributed by atoms with van der Waals surface area (Å²) in [4.78, 5) is 22.9. The molecule has 0 aliphatic carbocycles. The third-order valence-electron chi connectivity index (χ3n) is 3.93. The minimum atomic E-state index is -1.13. The van der Waals surface area contributed by atoms with Crippen LogP contribution in [0.3, 0.4) is 0 Å². The van der Waals surface area contributed by atoms with Gasteiger partial charge in [0, 0.05) is 18.7 Å². The monoisotopic (exact) mass is 319 g/mol. The first kappa shape index (κ1) is 16.8. The number of hydrogen-bond donors (Lipinski definition) is 2. The molecule has 2 rings (SSSR count). The molecule has 1 atom stereocenters. The summed E-state index contributed by atoms with van der Waals surface area (Å²) in [7, 11) is 1.88. The van der Waals surface area contributed by atoms with Crippen molar-refractivity contribution in [2.24, 2.45) is 13.0 Å². The quantitative estimate of drug-likeness (QED) is 0.846. The van der Waals surface area contributed by atoms with Crippen molar-refractivity contribution in [3.63, 3.8) is 0 Å². The Morgan fingerprint density at radius 2 is 2.09 bits per heavy atom. The van der Waals surface area contributed by atoms with Crippen molar-refractivity contribution in [2.75, 3.05) is 0 Å². The topological polar surface area (TPSA) is 97.4 Å². The van der Waals surface area contributed by atoms with Crippen LogP contribution in [0.2, 0.25) is 0 Å². The Labute approximate surface area is 134 Å². The van der Waals surface area contributed by atoms with E-state index in [2.05, 4.69) is 10.4 Å². The predicted molar refractivity (Wildman–Crippen MR) is 83.1 cm³/mol. The molecule has 0 aliphatic heterocycles. The van der Waals surface area contributed by atoms with Crippen molar-refractivity contribution in [2.45, 2.75) is 33.7 Å². The van der Waals surface area contributed by atoms with Crippen molar-refractivity contribution in [3.8, 4) is 0 Å². The molecule has 0 fully saturated rings. The second-order valence-corrected chi connectivity index (χ2v) is 5.67. The number of nitrogens with one attached hydrogen (secondary N) is 1. The van der Waals surface area contributed by atoms with Crippen molar-refractivity contribution in [1.82, 2.24) is 15.1 Å². The number of aromatic carboxylic acids is 1. The summed E-state index contributed by atoms with van der Waals surface area (Å²) in [5.41, 5.74) is 3.07. The molecule has 2 aromatic rings. The minimum absolute atomic E-state index is 0.110. The van der Waals surface area contributed by atoms with Crippen molar-refractivity contribution < 1.29 is 19.1 Å². The van der Waals surface area contributed by atoms with Gasteiger partial charge in [-0.15, -0.1) is 0 Å². The molecular formula is C16H21N3O4. The summed E-state index contributed by atoms with van der Waals surface area (Å²) < 4.78 is 6.92. The van der Waals surface area contributed by atoms with Crippen LogP contribution in [0.1, 0.15) is 40.2 Å². The molecule has 23 heavy (non-hydrogen) atoms. The number of furan rings is 1. The number of carboxylic acids is 1. The van der Waals surface area contributed by atoms with E-state index in [1.807, 2.05) is 32.5 Å². The van der Waals surface area contributed by atoms with Gasteiger partial charge in [0.15, 0.2) is 0 Å². The molecule has 2 heterocycles. The van der Waals surface area contributed by atoms with Gasteiger partial charge in [0.2, 0.25) is 11.7 Å². The molecule has 1 amide bonds. The van der Waals surface area contributed by atoms with Crippen LogP contribution in [0.4, 0.5) is 0 Å². The molecule has 0 bridgehead atoms. The Hall–Kier alpha value is -2.57. The Morgan fingerprint density at radius 3 is 2.61 bits per heavy atom. The van der Waals surface area contributed by atoms with Gasteiger partial charge in [-0.25, -0.2) is 4.79 Å². The molecule has 0 saturated heterocycles. The van der Waals surface area contributed by atoms with Gasteiger partial charge in [-0.1, -0.05) is 6.92 Å². The molecule has 124 valence electrons. The summed E-state index contributed by atoms with van der Waals surface area (Å²) >= 11 is 0. The molecule has 7 heteroatoms. The third-order valence-corrected chi connectivity index (χ3v) is 3.93. The van der Waals surface area contributed by atoms with E-state index in [4.69, 9.17) is 9.52 Å². The standard InChI is InChI=1S/C16H21N3O4/c1-9(7-13-10(2)18-19(4)11(13)3)15(20)17-8-12-5-6-14(23-12)16(21)22/h5-6,9H,7-8H2,1-4H3,(H,17,20)(H,21,22). The Morgan fingerprint density at radius 1 is 1.39 bits per heavy atom. The van der Waals surface area contributed by atoms with Crippen molar-refractivity contribution >= 4 is 11.9 Å². The van der Waals surface area contributed by atoms with E-state index in [0.29, 0.717) is 12.2 Å². The van der Waals surface area contributed by atoms with E-state index < -0.39 is 5.97 Å². The largest absolute Gasteiger partial charge is 0.475 e. The van der Waals surface area contributed by atoms with Crippen molar-refractivity contribution in [1.29, 1.82) is 0 Å². The predicted octanol–water partition coefficient (Wildman–Crippen LogP) is 1.82. The molecule has 0 saturated carbocycles. The maximum Gasteiger partial charge on any atom is 0.371 e. The Balaban J connectivity index is 1.93. The first-order chi connectivity index (χ1) is 10.8. The zero-order valence-electron chi connectivity index (χ0n) is 13.7. The molecule has 2 aromatic heterocycles. The summed E-state index contributed by atoms with van der Waals surface area (Å²) in [6, 6.07) is 2.92. The SMILES string of the molecule is Cc1nn(C)c(C)c1CC(C)C(=O)NCc1ccc(C(=O)O)o1. The number of rotatable bonds is 6. The third kappa shape index (κ3) is 3.80. The normalized spacial score (nSPS) is 12.2. The van der Waals surface area contributed by atoms with Gasteiger partial charge in [0.25, 0.3) is 0 Å². The summed E-state index contributed by atoms with van der Waals surface area (Å²) in [6.07, 6.45) is 0.607. The maximum atomic E-state index is 12.2. The average molecular weight is 319 g/mol. The van der Waals surface area contributed by atoms with E-state index in [1.165, 1.54) is 6.07 Å². The molecule has 0 aliphatic rings. The van der Waals surface area contributed by atoms with Crippen LogP contribution in [0.15, 0.2) is 16.5 Å². The van der Waals surface area contributed by atoms with Gasteiger partial charge < -0.3 is 14.8 Å². The van der Waals surface area contributed by atoms with Crippen LogP contribution in [0, 0.1) is 19.8 Å². The molecule has 1 unspecified atom stereocenters. The van der Waals surface area contributed by atoms with Crippen molar-refractivity contribution in [3.05, 3.63) is 40.6 Å². The van der Waals surface area contributed by atoms with Crippen LogP contribution >= 0.6 is 0 Å². The van der Waals surface area contributed by atoms with E-state index in [0.717, 1.165) is 17.0 Å². The summed E-state index contributed by atoms with van der Waals surface area (Å²) in [5, 5.41) is 15.9. The number of nitrogens with zero attached hydrogens (tertiary/aromatic N) is 2. The number of hydrogen-bond acceptors (Lipinski definition) is 4. The fourth-order valence-corrected chi connectivity index (χ4v) is 2.45. The molecular weight excluding hydrogens is 298 g/mol. The highest BCUT2D eigenvalue weighted by atomic mass is 16.4. The second-order valence-electron chi connectivity index (χ2n) is 5.67. The number of carboxylic acid groups (broad SMARTS) is 1. The lowest BCUT2D eigenvalue weighted by atomic mass is 9.99. The van der Waals surface area contributed by atoms with E-state index in [9.17, 15) is 9.59 Å².